The number of carbonyl (C=O) groups excluding carboxylic acids is 2. The van der Waals surface area contributed by atoms with Gasteiger partial charge in [-0.3, -0.25) is 14.5 Å². The van der Waals surface area contributed by atoms with Gasteiger partial charge in [-0.1, -0.05) is 75.7 Å². The van der Waals surface area contributed by atoms with Crippen molar-refractivity contribution < 1.29 is 9.59 Å². The Balaban J connectivity index is 1.46. The minimum absolute atomic E-state index is 0.0552. The summed E-state index contributed by atoms with van der Waals surface area (Å²) >= 11 is 0. The molecule has 182 valence electrons. The zero-order valence-electron chi connectivity index (χ0n) is 20.9. The molecule has 2 amide bonds. The number of hydrogen-bond donors (Lipinski definition) is 1. The van der Waals surface area contributed by atoms with Gasteiger partial charge in [0, 0.05) is 26.2 Å². The molecule has 0 unspecified atom stereocenters. The number of piperazine rings is 1. The van der Waals surface area contributed by atoms with Crippen LogP contribution in [-0.4, -0.2) is 52.8 Å². The Hall–Kier alpha value is -2.66. The zero-order valence-corrected chi connectivity index (χ0v) is 20.9. The second-order valence-corrected chi connectivity index (χ2v) is 10.4. The molecular weight excluding hydrogens is 422 g/mol. The van der Waals surface area contributed by atoms with Gasteiger partial charge in [-0.25, -0.2) is 0 Å². The number of nitrogens with one attached hydrogen (secondary N) is 1. The van der Waals surface area contributed by atoms with Crippen LogP contribution < -0.4 is 5.32 Å². The Morgan fingerprint density at radius 2 is 1.71 bits per heavy atom. The maximum Gasteiger partial charge on any atom is 0.246 e. The first-order chi connectivity index (χ1) is 16.4. The van der Waals surface area contributed by atoms with Gasteiger partial charge in [0.25, 0.3) is 0 Å². The topological polar surface area (TPSA) is 52.7 Å². The van der Waals surface area contributed by atoms with E-state index in [-0.39, 0.29) is 17.9 Å². The molecule has 2 aliphatic rings. The predicted octanol–water partition coefficient (Wildman–Crippen LogP) is 4.86. The molecule has 2 aliphatic heterocycles. The van der Waals surface area contributed by atoms with E-state index >= 15 is 0 Å². The van der Waals surface area contributed by atoms with E-state index in [1.165, 1.54) is 16.7 Å². The molecule has 5 nitrogen and oxygen atoms in total. The van der Waals surface area contributed by atoms with Crippen LogP contribution in [0.1, 0.15) is 58.4 Å². The molecule has 0 bridgehead atoms. The molecule has 0 saturated carbocycles. The molecule has 1 atom stereocenters. The molecule has 2 saturated heterocycles. The molecule has 0 aromatic heterocycles. The van der Waals surface area contributed by atoms with Crippen molar-refractivity contribution in [1.82, 2.24) is 15.1 Å². The van der Waals surface area contributed by atoms with Crippen molar-refractivity contribution >= 4 is 11.8 Å². The molecule has 2 aromatic rings. The lowest BCUT2D eigenvalue weighted by molar-refractivity contribution is -0.161. The first-order valence-electron chi connectivity index (χ1n) is 12.9. The van der Waals surface area contributed by atoms with Gasteiger partial charge in [-0.05, 0) is 54.4 Å². The SMILES string of the molecule is CCCCN1C(=O)[C@H](CC(C)C)NC(=O)C12CCN(Cc1cccc(-c3ccccc3)c1)CC2. The van der Waals surface area contributed by atoms with E-state index in [1.54, 1.807) is 0 Å². The molecule has 2 heterocycles. The molecule has 0 aliphatic carbocycles. The Morgan fingerprint density at radius 1 is 1.00 bits per heavy atom. The van der Waals surface area contributed by atoms with Crippen LogP contribution in [-0.2, 0) is 16.1 Å². The summed E-state index contributed by atoms with van der Waals surface area (Å²) in [6.45, 7) is 9.51. The summed E-state index contributed by atoms with van der Waals surface area (Å²) in [5.41, 5.74) is 3.04. The minimum Gasteiger partial charge on any atom is -0.342 e. The zero-order chi connectivity index (χ0) is 24.1. The highest BCUT2D eigenvalue weighted by Crippen LogP contribution is 2.35. The Bertz CT molecular complexity index is 980. The molecule has 5 heteroatoms. The van der Waals surface area contributed by atoms with Crippen molar-refractivity contribution in [2.45, 2.75) is 71.0 Å². The summed E-state index contributed by atoms with van der Waals surface area (Å²) in [6, 6.07) is 18.8. The monoisotopic (exact) mass is 461 g/mol. The minimum atomic E-state index is -0.692. The summed E-state index contributed by atoms with van der Waals surface area (Å²) in [7, 11) is 0. The van der Waals surface area contributed by atoms with E-state index in [0.29, 0.717) is 31.7 Å². The van der Waals surface area contributed by atoms with Crippen molar-refractivity contribution in [3.8, 4) is 11.1 Å². The maximum atomic E-state index is 13.4. The number of piperidine rings is 1. The van der Waals surface area contributed by atoms with Crippen molar-refractivity contribution in [3.05, 3.63) is 60.2 Å². The average Bonchev–Trinajstić information content (AvgIpc) is 2.84. The fraction of sp³-hybridized carbons (Fsp3) is 0.517. The number of likely N-dealkylation sites (tertiary alicyclic amines) is 1. The quantitative estimate of drug-likeness (QED) is 0.611. The normalized spacial score (nSPS) is 20.7. The summed E-state index contributed by atoms with van der Waals surface area (Å²) in [5, 5.41) is 3.11. The van der Waals surface area contributed by atoms with E-state index in [0.717, 1.165) is 32.5 Å². The third-order valence-electron chi connectivity index (χ3n) is 7.37. The second-order valence-electron chi connectivity index (χ2n) is 10.4. The van der Waals surface area contributed by atoms with Gasteiger partial charge >= 0.3 is 0 Å². The van der Waals surface area contributed by atoms with E-state index < -0.39 is 5.54 Å². The molecule has 4 rings (SSSR count). The molecule has 0 radical (unpaired) electrons. The van der Waals surface area contributed by atoms with Crippen molar-refractivity contribution in [2.75, 3.05) is 19.6 Å². The van der Waals surface area contributed by atoms with E-state index in [1.807, 2.05) is 11.0 Å². The third-order valence-corrected chi connectivity index (χ3v) is 7.37. The van der Waals surface area contributed by atoms with Crippen LogP contribution in [0.3, 0.4) is 0 Å². The molecule has 2 aromatic carbocycles. The number of nitrogens with zero attached hydrogens (tertiary/aromatic N) is 2. The van der Waals surface area contributed by atoms with Gasteiger partial charge < -0.3 is 10.2 Å². The van der Waals surface area contributed by atoms with E-state index in [9.17, 15) is 9.59 Å². The number of benzene rings is 2. The van der Waals surface area contributed by atoms with E-state index in [4.69, 9.17) is 0 Å². The summed E-state index contributed by atoms with van der Waals surface area (Å²) < 4.78 is 0. The number of rotatable bonds is 8. The first-order valence-corrected chi connectivity index (χ1v) is 12.9. The smallest absolute Gasteiger partial charge is 0.246 e. The second kappa shape index (κ2) is 10.7. The highest BCUT2D eigenvalue weighted by atomic mass is 16.2. The van der Waals surface area contributed by atoms with Crippen molar-refractivity contribution in [2.24, 2.45) is 5.92 Å². The van der Waals surface area contributed by atoms with Crippen LogP contribution in [0.2, 0.25) is 0 Å². The maximum absolute atomic E-state index is 13.4. The van der Waals surface area contributed by atoms with Crippen LogP contribution >= 0.6 is 0 Å². The van der Waals surface area contributed by atoms with Gasteiger partial charge in [-0.15, -0.1) is 0 Å². The van der Waals surface area contributed by atoms with Crippen LogP contribution in [0.15, 0.2) is 54.6 Å². The fourth-order valence-electron chi connectivity index (χ4n) is 5.46. The van der Waals surface area contributed by atoms with Crippen molar-refractivity contribution in [1.29, 1.82) is 0 Å². The molecule has 1 spiro atoms. The number of hydrogen-bond acceptors (Lipinski definition) is 3. The predicted molar refractivity (Wildman–Crippen MR) is 137 cm³/mol. The summed E-state index contributed by atoms with van der Waals surface area (Å²) in [5.74, 6) is 0.537. The molecular formula is C29H39N3O2. The lowest BCUT2D eigenvalue weighted by Gasteiger charge is -2.52. The van der Waals surface area contributed by atoms with Crippen molar-refractivity contribution in [3.63, 3.8) is 0 Å². The fourth-order valence-corrected chi connectivity index (χ4v) is 5.46. The molecule has 34 heavy (non-hydrogen) atoms. The van der Waals surface area contributed by atoms with Crippen LogP contribution in [0.4, 0.5) is 0 Å². The first kappa shape index (κ1) is 24.5. The Morgan fingerprint density at radius 3 is 2.38 bits per heavy atom. The van der Waals surface area contributed by atoms with Crippen LogP contribution in [0.5, 0.6) is 0 Å². The number of carbonyl (C=O) groups is 2. The van der Waals surface area contributed by atoms with Gasteiger partial charge in [0.05, 0.1) is 0 Å². The third kappa shape index (κ3) is 5.20. The van der Waals surface area contributed by atoms with E-state index in [2.05, 4.69) is 79.5 Å². The highest BCUT2D eigenvalue weighted by molar-refractivity contribution is 6.00. The number of unbranched alkanes of at least 4 members (excludes halogenated alkanes) is 1. The molecule has 1 N–H and O–H groups in total. The van der Waals surface area contributed by atoms with Crippen LogP contribution in [0.25, 0.3) is 11.1 Å². The number of amides is 2. The van der Waals surface area contributed by atoms with Gasteiger partial charge in [0.2, 0.25) is 11.8 Å². The Labute approximate surface area is 204 Å². The van der Waals surface area contributed by atoms with Crippen LogP contribution in [0, 0.1) is 5.92 Å². The van der Waals surface area contributed by atoms with Gasteiger partial charge in [0.1, 0.15) is 11.6 Å². The largest absolute Gasteiger partial charge is 0.342 e. The lowest BCUT2D eigenvalue weighted by atomic mass is 9.80. The summed E-state index contributed by atoms with van der Waals surface area (Å²) in [4.78, 5) is 31.2. The standard InChI is InChI=1S/C29H39N3O2/c1-4-5-16-32-27(33)26(19-22(2)3)30-28(34)29(32)14-17-31(18-15-29)21-23-10-9-13-25(20-23)24-11-7-6-8-12-24/h6-13,20,22,26H,4-5,14-19,21H2,1-3H3,(H,30,34)/t26-/m0/s1. The van der Waals surface area contributed by atoms with Gasteiger partial charge in [-0.2, -0.15) is 0 Å². The average molecular weight is 462 g/mol. The summed E-state index contributed by atoms with van der Waals surface area (Å²) in [6.07, 6.45) is 4.04. The molecule has 2 fully saturated rings. The Kier molecular flexibility index (Phi) is 7.72. The van der Waals surface area contributed by atoms with Gasteiger partial charge in [0.15, 0.2) is 0 Å². The highest BCUT2D eigenvalue weighted by Gasteiger charge is 2.53. The lowest BCUT2D eigenvalue weighted by Crippen LogP contribution is -2.73.